The molecule has 5 heteroatoms. The van der Waals surface area contributed by atoms with Gasteiger partial charge in [0.2, 0.25) is 0 Å². The second kappa shape index (κ2) is 6.13. The largest absolute Gasteiger partial charge is 0.378 e. The van der Waals surface area contributed by atoms with Crippen molar-refractivity contribution >= 4 is 24.8 Å². The summed E-state index contributed by atoms with van der Waals surface area (Å²) in [6, 6.07) is 0. The van der Waals surface area contributed by atoms with Gasteiger partial charge in [-0.15, -0.1) is 24.8 Å². The van der Waals surface area contributed by atoms with E-state index < -0.39 is 0 Å². The van der Waals surface area contributed by atoms with Gasteiger partial charge in [0.25, 0.3) is 0 Å². The number of halogens is 2. The fourth-order valence-electron chi connectivity index (χ4n) is 2.23. The number of hydrogen-bond acceptors (Lipinski definition) is 3. The molecule has 0 aliphatic carbocycles. The Balaban J connectivity index is 0.000000845. The Morgan fingerprint density at radius 1 is 1.21 bits per heavy atom. The van der Waals surface area contributed by atoms with E-state index in [0.29, 0.717) is 5.54 Å². The van der Waals surface area contributed by atoms with E-state index in [1.165, 1.54) is 12.8 Å². The predicted octanol–water partition coefficient (Wildman–Crippen LogP) is 0.914. The number of ether oxygens (including phenoxy) is 1. The van der Waals surface area contributed by atoms with E-state index in [1.54, 1.807) is 0 Å². The molecular formula is C9H20Cl2N2O. The first-order valence-electron chi connectivity index (χ1n) is 4.83. The van der Waals surface area contributed by atoms with Crippen LogP contribution in [0.3, 0.4) is 0 Å². The van der Waals surface area contributed by atoms with Crippen LogP contribution in [-0.4, -0.2) is 50.3 Å². The van der Waals surface area contributed by atoms with Crippen molar-refractivity contribution in [2.75, 3.05) is 39.9 Å². The summed E-state index contributed by atoms with van der Waals surface area (Å²) in [5, 5.41) is 3.39. The van der Waals surface area contributed by atoms with Crippen molar-refractivity contribution in [1.29, 1.82) is 0 Å². The summed E-state index contributed by atoms with van der Waals surface area (Å²) in [5.41, 5.74) is 0.365. The molecule has 0 aromatic heterocycles. The molecule has 1 N–H and O–H groups in total. The molecule has 2 aliphatic rings. The van der Waals surface area contributed by atoms with Crippen LogP contribution < -0.4 is 5.32 Å². The Bertz CT molecular complexity index is 155. The number of nitrogens with one attached hydrogen (secondary N) is 1. The predicted molar refractivity (Wildman–Crippen MR) is 62.8 cm³/mol. The maximum absolute atomic E-state index is 5.56. The van der Waals surface area contributed by atoms with E-state index >= 15 is 0 Å². The second-order valence-corrected chi connectivity index (χ2v) is 3.95. The molecule has 0 aromatic carbocycles. The molecule has 0 amide bonds. The highest BCUT2D eigenvalue weighted by Crippen LogP contribution is 2.27. The van der Waals surface area contributed by atoms with Crippen molar-refractivity contribution < 1.29 is 4.74 Å². The van der Waals surface area contributed by atoms with Crippen LogP contribution in [0.25, 0.3) is 0 Å². The summed E-state index contributed by atoms with van der Waals surface area (Å²) in [6.45, 7) is 5.23. The zero-order valence-corrected chi connectivity index (χ0v) is 10.3. The summed E-state index contributed by atoms with van der Waals surface area (Å²) in [6.07, 6.45) is 2.48. The number of likely N-dealkylation sites (N-methyl/N-ethyl adjacent to an activating group) is 1. The Morgan fingerprint density at radius 3 is 2.43 bits per heavy atom. The van der Waals surface area contributed by atoms with Gasteiger partial charge in [0, 0.05) is 12.1 Å². The molecule has 2 saturated heterocycles. The van der Waals surface area contributed by atoms with E-state index in [-0.39, 0.29) is 24.8 Å². The van der Waals surface area contributed by atoms with Crippen LogP contribution in [0.2, 0.25) is 0 Å². The highest BCUT2D eigenvalue weighted by Gasteiger charge is 2.38. The minimum atomic E-state index is 0. The van der Waals surface area contributed by atoms with Gasteiger partial charge in [-0.1, -0.05) is 0 Å². The molecule has 86 valence electrons. The van der Waals surface area contributed by atoms with Gasteiger partial charge in [0.1, 0.15) is 0 Å². The Morgan fingerprint density at radius 2 is 1.86 bits per heavy atom. The van der Waals surface area contributed by atoms with Gasteiger partial charge >= 0.3 is 0 Å². The summed E-state index contributed by atoms with van der Waals surface area (Å²) in [7, 11) is 2.23. The first-order valence-corrected chi connectivity index (χ1v) is 4.83. The molecule has 3 nitrogen and oxygen atoms in total. The van der Waals surface area contributed by atoms with Gasteiger partial charge in [-0.05, 0) is 33.0 Å². The standard InChI is InChI=1S/C9H18N2O.2ClH/c1-11-6-7-12-8-9(11)2-4-10-5-3-9;;/h10H,2-8H2,1H3;2*1H. The molecule has 2 fully saturated rings. The van der Waals surface area contributed by atoms with Crippen molar-refractivity contribution in [3.8, 4) is 0 Å². The summed E-state index contributed by atoms with van der Waals surface area (Å²) >= 11 is 0. The summed E-state index contributed by atoms with van der Waals surface area (Å²) in [5.74, 6) is 0. The van der Waals surface area contributed by atoms with Crippen LogP contribution in [0.15, 0.2) is 0 Å². The van der Waals surface area contributed by atoms with Crippen LogP contribution in [0.4, 0.5) is 0 Å². The molecular weight excluding hydrogens is 223 g/mol. The van der Waals surface area contributed by atoms with Crippen molar-refractivity contribution in [1.82, 2.24) is 10.2 Å². The smallest absolute Gasteiger partial charge is 0.0651 e. The lowest BCUT2D eigenvalue weighted by Crippen LogP contribution is -2.59. The van der Waals surface area contributed by atoms with Gasteiger partial charge in [-0.2, -0.15) is 0 Å². The third-order valence-electron chi connectivity index (χ3n) is 3.29. The lowest BCUT2D eigenvalue weighted by molar-refractivity contribution is -0.0694. The third kappa shape index (κ3) is 2.74. The van der Waals surface area contributed by atoms with Gasteiger partial charge in [0.15, 0.2) is 0 Å². The highest BCUT2D eigenvalue weighted by atomic mass is 35.5. The summed E-state index contributed by atoms with van der Waals surface area (Å²) < 4.78 is 5.56. The molecule has 0 unspecified atom stereocenters. The monoisotopic (exact) mass is 242 g/mol. The molecule has 0 saturated carbocycles. The lowest BCUT2D eigenvalue weighted by atomic mass is 9.87. The molecule has 0 radical (unpaired) electrons. The van der Waals surface area contributed by atoms with Crippen molar-refractivity contribution in [3.05, 3.63) is 0 Å². The highest BCUT2D eigenvalue weighted by molar-refractivity contribution is 5.85. The SMILES string of the molecule is CN1CCOCC12CCNCC2.Cl.Cl. The molecule has 0 bridgehead atoms. The topological polar surface area (TPSA) is 24.5 Å². The fourth-order valence-corrected chi connectivity index (χ4v) is 2.23. The molecule has 2 aliphatic heterocycles. The average molecular weight is 243 g/mol. The fraction of sp³-hybridized carbons (Fsp3) is 1.00. The number of piperidine rings is 1. The van der Waals surface area contributed by atoms with E-state index in [2.05, 4.69) is 17.3 Å². The quantitative estimate of drug-likeness (QED) is 0.684. The minimum Gasteiger partial charge on any atom is -0.378 e. The van der Waals surface area contributed by atoms with Gasteiger partial charge in [-0.25, -0.2) is 0 Å². The lowest BCUT2D eigenvalue weighted by Gasteiger charge is -2.47. The molecule has 14 heavy (non-hydrogen) atoms. The molecule has 0 atom stereocenters. The Kier molecular flexibility index (Phi) is 6.33. The number of morpholine rings is 1. The maximum Gasteiger partial charge on any atom is 0.0651 e. The van der Waals surface area contributed by atoms with E-state index in [1.807, 2.05) is 0 Å². The molecule has 2 heterocycles. The van der Waals surface area contributed by atoms with E-state index in [0.717, 1.165) is 32.8 Å². The van der Waals surface area contributed by atoms with Crippen molar-refractivity contribution in [3.63, 3.8) is 0 Å². The number of nitrogens with zero attached hydrogens (tertiary/aromatic N) is 1. The van der Waals surface area contributed by atoms with E-state index in [4.69, 9.17) is 4.74 Å². The first-order chi connectivity index (χ1) is 5.83. The van der Waals surface area contributed by atoms with Gasteiger partial charge < -0.3 is 10.1 Å². The van der Waals surface area contributed by atoms with Crippen LogP contribution in [0.5, 0.6) is 0 Å². The third-order valence-corrected chi connectivity index (χ3v) is 3.29. The summed E-state index contributed by atoms with van der Waals surface area (Å²) in [4.78, 5) is 2.48. The first kappa shape index (κ1) is 14.5. The van der Waals surface area contributed by atoms with Crippen LogP contribution in [-0.2, 0) is 4.74 Å². The Hall–Kier alpha value is 0.460. The number of hydrogen-bond donors (Lipinski definition) is 1. The molecule has 2 rings (SSSR count). The molecule has 1 spiro atoms. The van der Waals surface area contributed by atoms with Crippen molar-refractivity contribution in [2.24, 2.45) is 0 Å². The average Bonchev–Trinajstić information content (AvgIpc) is 2.12. The zero-order chi connectivity index (χ0) is 8.44. The zero-order valence-electron chi connectivity index (χ0n) is 8.62. The maximum atomic E-state index is 5.56. The van der Waals surface area contributed by atoms with E-state index in [9.17, 15) is 0 Å². The normalized spacial score (nSPS) is 26.4. The van der Waals surface area contributed by atoms with Crippen LogP contribution >= 0.6 is 24.8 Å². The van der Waals surface area contributed by atoms with Gasteiger partial charge in [0.05, 0.1) is 13.2 Å². The Labute approximate surface area is 98.4 Å². The van der Waals surface area contributed by atoms with Crippen LogP contribution in [0.1, 0.15) is 12.8 Å². The van der Waals surface area contributed by atoms with Crippen molar-refractivity contribution in [2.45, 2.75) is 18.4 Å². The minimum absolute atomic E-state index is 0. The number of rotatable bonds is 0. The van der Waals surface area contributed by atoms with Gasteiger partial charge in [-0.3, -0.25) is 4.90 Å². The second-order valence-electron chi connectivity index (χ2n) is 3.95. The molecule has 0 aromatic rings. The van der Waals surface area contributed by atoms with Crippen LogP contribution in [0, 0.1) is 0 Å².